The first kappa shape index (κ1) is 5.47. The molecule has 0 bridgehead atoms. The van der Waals surface area contributed by atoms with Crippen molar-refractivity contribution < 1.29 is 4.42 Å². The molecule has 2 rings (SSSR count). The van der Waals surface area contributed by atoms with E-state index in [1.807, 2.05) is 36.1 Å². The van der Waals surface area contributed by atoms with Gasteiger partial charge in [-0.25, -0.2) is 4.42 Å². The zero-order valence-electron chi connectivity index (χ0n) is 5.74. The molecule has 0 aromatic heterocycles. The van der Waals surface area contributed by atoms with Crippen LogP contribution in [0.25, 0.3) is 11.3 Å². The highest BCUT2D eigenvalue weighted by atomic mass is 16.3. The molecule has 2 nitrogen and oxygen atoms in total. The van der Waals surface area contributed by atoms with Gasteiger partial charge in [-0.05, 0) is 0 Å². The van der Waals surface area contributed by atoms with Crippen LogP contribution in [-0.4, -0.2) is 4.57 Å². The number of nitrogens with zero attached hydrogens (tertiary/aromatic N) is 1. The quantitative estimate of drug-likeness (QED) is 0.503. The Morgan fingerprint density at radius 2 is 2.30 bits per heavy atom. The summed E-state index contributed by atoms with van der Waals surface area (Å²) in [6, 6.07) is 3.91. The lowest BCUT2D eigenvalue weighted by molar-refractivity contribution is 0.581. The second-order valence-corrected chi connectivity index (χ2v) is 2.35. The van der Waals surface area contributed by atoms with Crippen LogP contribution in [0, 0.1) is 0 Å². The van der Waals surface area contributed by atoms with Crippen LogP contribution in [0.4, 0.5) is 0 Å². The average molecular weight is 134 g/mol. The molecule has 2 aliphatic rings. The van der Waals surface area contributed by atoms with Crippen LogP contribution in [0.2, 0.25) is 0 Å². The third kappa shape index (κ3) is 0.692. The van der Waals surface area contributed by atoms with Crippen molar-refractivity contribution >= 4 is 0 Å². The van der Waals surface area contributed by atoms with E-state index in [1.165, 1.54) is 0 Å². The molecule has 0 aliphatic carbocycles. The van der Waals surface area contributed by atoms with E-state index in [4.69, 9.17) is 4.42 Å². The molecular formula is C8H8NO+. The van der Waals surface area contributed by atoms with Gasteiger partial charge >= 0.3 is 12.0 Å². The van der Waals surface area contributed by atoms with Crippen LogP contribution in [-0.2, 0) is 7.05 Å². The van der Waals surface area contributed by atoms with Crippen LogP contribution in [0.5, 0.6) is 0 Å². The van der Waals surface area contributed by atoms with Crippen molar-refractivity contribution in [2.45, 2.75) is 0 Å². The Kier molecular flexibility index (Phi) is 1.01. The summed E-state index contributed by atoms with van der Waals surface area (Å²) in [5.41, 5.74) is 1.14. The van der Waals surface area contributed by atoms with Gasteiger partial charge in [0.15, 0.2) is 0 Å². The minimum atomic E-state index is 0.943. The molecule has 0 N–H and O–H groups in total. The fourth-order valence-corrected chi connectivity index (χ4v) is 1.02. The fourth-order valence-electron chi connectivity index (χ4n) is 1.02. The smallest absolute Gasteiger partial charge is 0.356 e. The summed E-state index contributed by atoms with van der Waals surface area (Å²) in [6.07, 6.45) is 5.69. The molecule has 10 heavy (non-hydrogen) atoms. The van der Waals surface area contributed by atoms with Gasteiger partial charge in [-0.15, -0.1) is 0 Å². The minimum Gasteiger partial charge on any atom is -0.356 e. The molecule has 0 atom stereocenters. The van der Waals surface area contributed by atoms with Crippen molar-refractivity contribution in [3.05, 3.63) is 30.8 Å². The standard InChI is InChI=1S/C8H8NO/c1-9-4-2-8-7(6-9)3-5-10-8/h2-6H,1H3/q+1. The third-order valence-electron chi connectivity index (χ3n) is 1.53. The Morgan fingerprint density at radius 1 is 1.40 bits per heavy atom. The number of furan rings is 1. The van der Waals surface area contributed by atoms with Gasteiger partial charge in [-0.3, -0.25) is 0 Å². The topological polar surface area (TPSA) is 16.2 Å². The monoisotopic (exact) mass is 134 g/mol. The Hall–Kier alpha value is -1.31. The van der Waals surface area contributed by atoms with E-state index in [9.17, 15) is 0 Å². The molecule has 0 aromatic carbocycles. The Balaban J connectivity index is 2.75. The zero-order chi connectivity index (χ0) is 6.97. The third-order valence-corrected chi connectivity index (χ3v) is 1.53. The van der Waals surface area contributed by atoms with Crippen molar-refractivity contribution in [2.75, 3.05) is 0 Å². The molecule has 0 aromatic rings. The molecule has 0 fully saturated rings. The molecule has 50 valence electrons. The van der Waals surface area contributed by atoms with Gasteiger partial charge in [0.25, 0.3) is 0 Å². The number of rotatable bonds is 0. The van der Waals surface area contributed by atoms with E-state index in [1.54, 1.807) is 6.26 Å². The van der Waals surface area contributed by atoms with Gasteiger partial charge in [0.2, 0.25) is 0 Å². The summed E-state index contributed by atoms with van der Waals surface area (Å²) in [5, 5.41) is 0. The van der Waals surface area contributed by atoms with E-state index >= 15 is 0 Å². The molecule has 0 saturated carbocycles. The highest BCUT2D eigenvalue weighted by molar-refractivity contribution is 5.56. The van der Waals surface area contributed by atoms with Gasteiger partial charge in [0, 0.05) is 19.4 Å². The maximum Gasteiger partial charge on any atom is 0.363 e. The molecule has 2 aliphatic heterocycles. The summed E-state index contributed by atoms with van der Waals surface area (Å²) >= 11 is 0. The summed E-state index contributed by atoms with van der Waals surface area (Å²) in [5.74, 6) is 0.943. The lowest BCUT2D eigenvalue weighted by atomic mass is 10.2. The second-order valence-electron chi connectivity index (χ2n) is 2.35. The van der Waals surface area contributed by atoms with E-state index in [-0.39, 0.29) is 0 Å². The first-order chi connectivity index (χ1) is 4.86. The second kappa shape index (κ2) is 1.84. The lowest BCUT2D eigenvalue weighted by Crippen LogP contribution is -1.88. The maximum atomic E-state index is 5.16. The highest BCUT2D eigenvalue weighted by Crippen LogP contribution is 2.20. The normalized spacial score (nSPS) is 10.5. The van der Waals surface area contributed by atoms with Gasteiger partial charge in [-0.2, -0.15) is 0 Å². The Morgan fingerprint density at radius 3 is 3.20 bits per heavy atom. The molecule has 0 radical (unpaired) electrons. The number of hydrogen-bond acceptors (Lipinski definition) is 0. The van der Waals surface area contributed by atoms with Gasteiger partial charge in [0.1, 0.15) is 5.56 Å². The molecular weight excluding hydrogens is 126 g/mol. The van der Waals surface area contributed by atoms with Gasteiger partial charge in [0.05, 0.1) is 12.1 Å². The first-order valence-electron chi connectivity index (χ1n) is 3.19. The number of pyridine rings is 1. The minimum absolute atomic E-state index is 0.943. The van der Waals surface area contributed by atoms with Crippen LogP contribution < -0.4 is 0 Å². The first-order valence-corrected chi connectivity index (χ1v) is 3.19. The number of hydrogen-bond donors (Lipinski definition) is 0. The van der Waals surface area contributed by atoms with Crippen LogP contribution >= 0.6 is 0 Å². The van der Waals surface area contributed by atoms with Crippen LogP contribution in [0.3, 0.4) is 0 Å². The molecule has 2 heterocycles. The zero-order valence-corrected chi connectivity index (χ0v) is 5.74. The average Bonchev–Trinajstić information content (AvgIpc) is 2.33. The van der Waals surface area contributed by atoms with Gasteiger partial charge in [-0.1, -0.05) is 0 Å². The van der Waals surface area contributed by atoms with Crippen molar-refractivity contribution in [3.8, 4) is 11.3 Å². The van der Waals surface area contributed by atoms with E-state index in [2.05, 4.69) is 0 Å². The Labute approximate surface area is 59.1 Å². The summed E-state index contributed by atoms with van der Waals surface area (Å²) in [7, 11) is 1.99. The van der Waals surface area contributed by atoms with E-state index < -0.39 is 0 Å². The number of aryl methyl sites for hydroxylation is 1. The van der Waals surface area contributed by atoms with Crippen molar-refractivity contribution in [3.63, 3.8) is 0 Å². The predicted octanol–water partition coefficient (Wildman–Crippen LogP) is 2.00. The summed E-state index contributed by atoms with van der Waals surface area (Å²) in [6.45, 7) is 0. The lowest BCUT2D eigenvalue weighted by Gasteiger charge is -1.93. The molecule has 0 amide bonds. The Bertz CT molecular complexity index is 313. The number of aromatic nitrogens is 1. The summed E-state index contributed by atoms with van der Waals surface area (Å²) in [4.78, 5) is 0. The SMILES string of the molecule is Cn1ccc2[o+]ccc-2c1. The predicted molar refractivity (Wildman–Crippen MR) is 38.7 cm³/mol. The summed E-state index contributed by atoms with van der Waals surface area (Å²) < 4.78 is 7.16. The van der Waals surface area contributed by atoms with Crippen molar-refractivity contribution in [1.82, 2.24) is 4.57 Å². The van der Waals surface area contributed by atoms with Crippen molar-refractivity contribution in [1.29, 1.82) is 0 Å². The molecule has 2 heteroatoms. The molecule has 0 unspecified atom stereocenters. The molecule has 0 saturated heterocycles. The maximum absolute atomic E-state index is 5.16. The largest absolute Gasteiger partial charge is 0.363 e. The van der Waals surface area contributed by atoms with E-state index in [0.717, 1.165) is 11.3 Å². The van der Waals surface area contributed by atoms with Crippen LogP contribution in [0.1, 0.15) is 0 Å². The molecule has 0 spiro atoms. The fraction of sp³-hybridized carbons (Fsp3) is 0.125. The highest BCUT2D eigenvalue weighted by Gasteiger charge is 2.13. The van der Waals surface area contributed by atoms with Crippen LogP contribution in [0.15, 0.2) is 35.2 Å². The van der Waals surface area contributed by atoms with Gasteiger partial charge < -0.3 is 4.57 Å². The van der Waals surface area contributed by atoms with Crippen molar-refractivity contribution in [2.24, 2.45) is 7.05 Å². The number of fused-ring (bicyclic) bond motifs is 1. The van der Waals surface area contributed by atoms with E-state index in [0.29, 0.717) is 0 Å².